The molecular weight excluding hydrogens is 290 g/mol. The number of hydrogen-bond acceptors (Lipinski definition) is 7. The van der Waals surface area contributed by atoms with Gasteiger partial charge in [-0.1, -0.05) is 7.60 Å². The summed E-state index contributed by atoms with van der Waals surface area (Å²) in [7, 11) is -10.4. The molecule has 0 bridgehead atoms. The molecule has 0 N–H and O–H groups in total. The fourth-order valence-corrected chi connectivity index (χ4v) is 1.86. The van der Waals surface area contributed by atoms with Gasteiger partial charge in [-0.25, -0.2) is 0 Å². The summed E-state index contributed by atoms with van der Waals surface area (Å²) in [6, 6.07) is 0. The van der Waals surface area contributed by atoms with E-state index in [0.29, 0.717) is 6.92 Å². The van der Waals surface area contributed by atoms with Crippen molar-refractivity contribution in [2.75, 3.05) is 0 Å². The van der Waals surface area contributed by atoms with Crippen LogP contribution in [0.5, 0.6) is 0 Å². The van der Waals surface area contributed by atoms with Crippen LogP contribution in [-0.4, -0.2) is 5.40 Å². The average Bonchev–Trinajstić information content (AvgIpc) is 1.84. The van der Waals surface area contributed by atoms with Crippen LogP contribution in [0.2, 0.25) is 0 Å². The SMILES string of the molecule is CC(P(=O)([O-])[O-])P(=O)([O-])O[O-].[Na+].[Na+].[Na+].[Na+]. The monoisotopic (exact) mass is 294 g/mol. The Balaban J connectivity index is -0.0000000833. The molecule has 0 amide bonds. The maximum atomic E-state index is 10.3. The average molecular weight is 294 g/mol. The second-order valence-electron chi connectivity index (χ2n) is 1.79. The molecule has 15 heavy (non-hydrogen) atoms. The van der Waals surface area contributed by atoms with Crippen molar-refractivity contribution in [2.24, 2.45) is 0 Å². The first-order valence-electron chi connectivity index (χ1n) is 2.36. The first-order chi connectivity index (χ1) is 4.72. The smallest absolute Gasteiger partial charge is 0.810 e. The third-order valence-corrected chi connectivity index (χ3v) is 4.75. The molecule has 0 aromatic rings. The molecular formula is C2H4Na4O7P2. The van der Waals surface area contributed by atoms with Gasteiger partial charge >= 0.3 is 118 Å². The van der Waals surface area contributed by atoms with E-state index in [1.165, 1.54) is 0 Å². The molecule has 13 heteroatoms. The van der Waals surface area contributed by atoms with Crippen molar-refractivity contribution in [1.29, 1.82) is 0 Å². The molecule has 0 aliphatic carbocycles. The van der Waals surface area contributed by atoms with E-state index in [-0.39, 0.29) is 118 Å². The molecule has 0 rings (SSSR count). The number of hydrogen-bond donors (Lipinski definition) is 0. The van der Waals surface area contributed by atoms with E-state index in [0.717, 1.165) is 0 Å². The van der Waals surface area contributed by atoms with Gasteiger partial charge in [0, 0.05) is 5.40 Å². The van der Waals surface area contributed by atoms with Crippen molar-refractivity contribution in [3.63, 3.8) is 0 Å². The van der Waals surface area contributed by atoms with Gasteiger partial charge in [0.25, 0.3) is 0 Å². The second-order valence-corrected chi connectivity index (χ2v) is 6.05. The molecule has 2 atom stereocenters. The topological polar surface area (TPSA) is 136 Å². The van der Waals surface area contributed by atoms with Crippen LogP contribution in [0, 0.1) is 0 Å². The molecule has 0 saturated carbocycles. The Labute approximate surface area is 176 Å². The molecule has 68 valence electrons. The van der Waals surface area contributed by atoms with E-state index in [1.54, 1.807) is 0 Å². The van der Waals surface area contributed by atoms with Crippen molar-refractivity contribution in [2.45, 2.75) is 12.3 Å². The van der Waals surface area contributed by atoms with Crippen LogP contribution in [0.1, 0.15) is 6.92 Å². The molecule has 0 aliphatic heterocycles. The summed E-state index contributed by atoms with van der Waals surface area (Å²) in [5.74, 6) is 0. The molecule has 0 aliphatic rings. The quantitative estimate of drug-likeness (QED) is 0.218. The van der Waals surface area contributed by atoms with Crippen LogP contribution in [0.4, 0.5) is 0 Å². The van der Waals surface area contributed by atoms with Gasteiger partial charge in [0.05, 0.1) is 0 Å². The van der Waals surface area contributed by atoms with E-state index in [1.807, 2.05) is 0 Å². The van der Waals surface area contributed by atoms with Gasteiger partial charge in [0.15, 0.2) is 0 Å². The van der Waals surface area contributed by atoms with Crippen LogP contribution in [0.25, 0.3) is 0 Å². The molecule has 0 fully saturated rings. The van der Waals surface area contributed by atoms with Crippen molar-refractivity contribution >= 4 is 15.2 Å². The van der Waals surface area contributed by atoms with Crippen molar-refractivity contribution in [3.05, 3.63) is 0 Å². The summed E-state index contributed by atoms with van der Waals surface area (Å²) < 4.78 is 22.9. The molecule has 0 aromatic heterocycles. The third kappa shape index (κ3) is 13.0. The molecule has 2 unspecified atom stereocenters. The largest absolute Gasteiger partial charge is 1.00 e. The Kier molecular flexibility index (Phi) is 27.9. The standard InChI is InChI=1S/C2H8O7P2.4Na/c1-2(10(4,5)6)11(7,8)9-3;;;;/h2-3H,1H3,(H,7,8)(H2,4,5,6);;;;/q;4*+1/p-4. The molecule has 0 aromatic carbocycles. The van der Waals surface area contributed by atoms with Crippen LogP contribution in [0.15, 0.2) is 0 Å². The Morgan fingerprint density at radius 3 is 1.33 bits per heavy atom. The van der Waals surface area contributed by atoms with Crippen LogP contribution >= 0.6 is 15.2 Å². The molecule has 7 nitrogen and oxygen atoms in total. The summed E-state index contributed by atoms with van der Waals surface area (Å²) in [6.45, 7) is 0.576. The van der Waals surface area contributed by atoms with E-state index in [4.69, 9.17) is 0 Å². The van der Waals surface area contributed by atoms with Crippen LogP contribution < -0.4 is 138 Å². The maximum Gasteiger partial charge on any atom is 1.00 e. The summed E-state index contributed by atoms with van der Waals surface area (Å²) >= 11 is 0. The fourth-order valence-electron chi connectivity index (χ4n) is 0.235. The van der Waals surface area contributed by atoms with Gasteiger partial charge in [0.1, 0.15) is 7.60 Å². The zero-order valence-corrected chi connectivity index (χ0v) is 19.1. The molecule has 0 spiro atoms. The normalized spacial score (nSPS) is 15.3. The minimum Gasteiger partial charge on any atom is -0.810 e. The van der Waals surface area contributed by atoms with Crippen molar-refractivity contribution in [1.82, 2.24) is 0 Å². The van der Waals surface area contributed by atoms with E-state index in [9.17, 15) is 29.1 Å². The minimum absolute atomic E-state index is 0. The third-order valence-electron chi connectivity index (χ3n) is 1.02. The molecule has 0 saturated heterocycles. The Bertz CT molecular complexity index is 229. The van der Waals surface area contributed by atoms with E-state index < -0.39 is 20.6 Å². The second kappa shape index (κ2) is 13.3. The van der Waals surface area contributed by atoms with Crippen LogP contribution in [0.3, 0.4) is 0 Å². The Morgan fingerprint density at radius 1 is 1.00 bits per heavy atom. The number of rotatable bonds is 3. The summed E-state index contributed by atoms with van der Waals surface area (Å²) in [4.78, 5) is 30.3. The van der Waals surface area contributed by atoms with Gasteiger partial charge < -0.3 is 33.7 Å². The minimum atomic E-state index is -5.30. The van der Waals surface area contributed by atoms with E-state index >= 15 is 0 Å². The Morgan fingerprint density at radius 2 is 1.27 bits per heavy atom. The first-order valence-corrected chi connectivity index (χ1v) is 5.58. The van der Waals surface area contributed by atoms with Gasteiger partial charge in [-0.2, -0.15) is 0 Å². The fraction of sp³-hybridized carbons (Fsp3) is 1.00. The molecule has 0 heterocycles. The predicted molar refractivity (Wildman–Crippen MR) is 25.8 cm³/mol. The zero-order valence-electron chi connectivity index (χ0n) is 9.33. The summed E-state index contributed by atoms with van der Waals surface area (Å²) in [5, 5.41) is 7.05. The molecule has 0 radical (unpaired) electrons. The van der Waals surface area contributed by atoms with Crippen molar-refractivity contribution in [3.8, 4) is 0 Å². The maximum absolute atomic E-state index is 10.3. The van der Waals surface area contributed by atoms with Gasteiger partial charge in [-0.3, -0.25) is 0 Å². The predicted octanol–water partition coefficient (Wildman–Crippen LogP) is -14.9. The summed E-state index contributed by atoms with van der Waals surface area (Å²) in [6.07, 6.45) is 0. The van der Waals surface area contributed by atoms with Crippen LogP contribution in [-0.2, 0) is 13.8 Å². The van der Waals surface area contributed by atoms with E-state index in [2.05, 4.69) is 4.67 Å². The summed E-state index contributed by atoms with van der Waals surface area (Å²) in [5.41, 5.74) is 0. The first kappa shape index (κ1) is 31.6. The zero-order chi connectivity index (χ0) is 9.28. The van der Waals surface area contributed by atoms with Gasteiger partial charge in [0.2, 0.25) is 0 Å². The van der Waals surface area contributed by atoms with Gasteiger partial charge in [-0.15, -0.1) is 0 Å². The van der Waals surface area contributed by atoms with Gasteiger partial charge in [-0.05, 0) is 6.92 Å². The van der Waals surface area contributed by atoms with Crippen molar-refractivity contribution < 1.29 is 152 Å². The Hall–Kier alpha value is 4.26.